The number of fused-ring (bicyclic) bond motifs is 1. The van der Waals surface area contributed by atoms with Crippen molar-refractivity contribution in [2.24, 2.45) is 5.92 Å². The molecule has 2 aliphatic rings. The molecule has 5 heterocycles. The van der Waals surface area contributed by atoms with E-state index in [2.05, 4.69) is 45.9 Å². The Balaban J connectivity index is 1.38. The van der Waals surface area contributed by atoms with E-state index in [0.29, 0.717) is 18.1 Å². The summed E-state index contributed by atoms with van der Waals surface area (Å²) in [5, 5.41) is 15.2. The largest absolute Gasteiger partial charge is 0.388 e. The van der Waals surface area contributed by atoms with Gasteiger partial charge in [-0.25, -0.2) is 27.2 Å². The number of nitrogens with zero attached hydrogens (tertiary/aromatic N) is 6. The highest BCUT2D eigenvalue weighted by molar-refractivity contribution is 7.90. The number of rotatable bonds is 9. The van der Waals surface area contributed by atoms with Crippen LogP contribution in [0.1, 0.15) is 38.8 Å². The van der Waals surface area contributed by atoms with Crippen molar-refractivity contribution in [3.8, 4) is 0 Å². The van der Waals surface area contributed by atoms with E-state index >= 15 is 0 Å². The number of aliphatic hydroxyl groups is 1. The van der Waals surface area contributed by atoms with Crippen LogP contribution in [0, 0.1) is 5.92 Å². The first kappa shape index (κ1) is 30.2. The van der Waals surface area contributed by atoms with Crippen molar-refractivity contribution in [2.75, 3.05) is 53.9 Å². The molecule has 0 saturated carbocycles. The van der Waals surface area contributed by atoms with E-state index in [1.165, 1.54) is 17.4 Å². The first-order chi connectivity index (χ1) is 19.8. The molecule has 0 spiro atoms. The van der Waals surface area contributed by atoms with Gasteiger partial charge in [-0.3, -0.25) is 4.98 Å². The minimum Gasteiger partial charge on any atom is -0.388 e. The van der Waals surface area contributed by atoms with Crippen LogP contribution in [0.2, 0.25) is 0 Å². The highest BCUT2D eigenvalue weighted by Crippen LogP contribution is 2.39. The number of sulfone groups is 1. The van der Waals surface area contributed by atoms with Gasteiger partial charge in [0.25, 0.3) is 5.92 Å². The smallest absolute Gasteiger partial charge is 0.293 e. The predicted molar refractivity (Wildman–Crippen MR) is 158 cm³/mol. The predicted octanol–water partition coefficient (Wildman–Crippen LogP) is 3.38. The van der Waals surface area contributed by atoms with Crippen molar-refractivity contribution < 1.29 is 27.0 Å². The molecule has 0 radical (unpaired) electrons. The molecular formula is C28H37F2N7O4S. The summed E-state index contributed by atoms with van der Waals surface area (Å²) < 4.78 is 57.2. The van der Waals surface area contributed by atoms with Crippen molar-refractivity contribution in [1.82, 2.24) is 19.9 Å². The summed E-state index contributed by atoms with van der Waals surface area (Å²) in [5.41, 5.74) is 1.85. The normalized spacial score (nSPS) is 24.2. The van der Waals surface area contributed by atoms with E-state index in [-0.39, 0.29) is 36.1 Å². The minimum atomic E-state index is -3.28. The summed E-state index contributed by atoms with van der Waals surface area (Å²) in [5.74, 6) is -1.77. The molecule has 2 N–H and O–H groups in total. The molecule has 0 amide bonds. The van der Waals surface area contributed by atoms with Crippen molar-refractivity contribution in [2.45, 2.75) is 57.3 Å². The Kier molecular flexibility index (Phi) is 8.25. The summed E-state index contributed by atoms with van der Waals surface area (Å²) in [6, 6.07) is 3.68. The molecule has 0 unspecified atom stereocenters. The van der Waals surface area contributed by atoms with E-state index in [1.54, 1.807) is 12.3 Å². The van der Waals surface area contributed by atoms with Gasteiger partial charge in [0.2, 0.25) is 5.95 Å². The van der Waals surface area contributed by atoms with Crippen molar-refractivity contribution in [1.29, 1.82) is 0 Å². The molecule has 11 nitrogen and oxygen atoms in total. The van der Waals surface area contributed by atoms with Gasteiger partial charge in [0.05, 0.1) is 29.9 Å². The molecule has 2 aliphatic heterocycles. The van der Waals surface area contributed by atoms with Gasteiger partial charge in [0, 0.05) is 55.7 Å². The van der Waals surface area contributed by atoms with Crippen LogP contribution >= 0.6 is 0 Å². The van der Waals surface area contributed by atoms with Gasteiger partial charge in [-0.1, -0.05) is 13.8 Å². The van der Waals surface area contributed by atoms with Crippen LogP contribution in [0.15, 0.2) is 30.7 Å². The number of aliphatic hydroxyl groups excluding tert-OH is 1. The Morgan fingerprint density at radius 2 is 1.93 bits per heavy atom. The fourth-order valence-corrected chi connectivity index (χ4v) is 6.53. The van der Waals surface area contributed by atoms with Crippen molar-refractivity contribution >= 4 is 43.9 Å². The molecule has 42 heavy (non-hydrogen) atoms. The lowest BCUT2D eigenvalue weighted by Crippen LogP contribution is -2.60. The third kappa shape index (κ3) is 6.11. The third-order valence-electron chi connectivity index (χ3n) is 8.11. The van der Waals surface area contributed by atoms with Crippen LogP contribution in [0.4, 0.5) is 32.1 Å². The van der Waals surface area contributed by atoms with E-state index in [1.807, 2.05) is 12.3 Å². The molecular weight excluding hydrogens is 568 g/mol. The monoisotopic (exact) mass is 605 g/mol. The number of anilines is 4. The molecule has 2 saturated heterocycles. The zero-order chi connectivity index (χ0) is 30.4. The zero-order valence-corrected chi connectivity index (χ0v) is 25.1. The molecule has 0 aromatic carbocycles. The molecule has 0 aliphatic carbocycles. The highest BCUT2D eigenvalue weighted by Gasteiger charge is 2.50. The van der Waals surface area contributed by atoms with Gasteiger partial charge in [0.15, 0.2) is 0 Å². The Labute approximate surface area is 244 Å². The van der Waals surface area contributed by atoms with Crippen LogP contribution < -0.4 is 15.1 Å². The van der Waals surface area contributed by atoms with Crippen LogP contribution in [0.5, 0.6) is 0 Å². The van der Waals surface area contributed by atoms with E-state index in [9.17, 15) is 22.3 Å². The number of hydrogen-bond acceptors (Lipinski definition) is 11. The van der Waals surface area contributed by atoms with Gasteiger partial charge < -0.3 is 25.0 Å². The van der Waals surface area contributed by atoms with Crippen LogP contribution in [-0.4, -0.2) is 96.4 Å². The van der Waals surface area contributed by atoms with Gasteiger partial charge in [0.1, 0.15) is 33.7 Å². The molecule has 3 aromatic rings. The summed E-state index contributed by atoms with van der Waals surface area (Å²) in [4.78, 5) is 21.4. The average molecular weight is 606 g/mol. The number of alkyl halides is 2. The van der Waals surface area contributed by atoms with Crippen molar-refractivity contribution in [3.63, 3.8) is 0 Å². The van der Waals surface area contributed by atoms with E-state index in [4.69, 9.17) is 9.72 Å². The number of aromatic nitrogens is 4. The maximum Gasteiger partial charge on any atom is 0.293 e. The van der Waals surface area contributed by atoms with Gasteiger partial charge in [-0.15, -0.1) is 0 Å². The molecule has 5 rings (SSSR count). The lowest BCUT2D eigenvalue weighted by molar-refractivity contribution is -0.171. The Bertz CT molecular complexity index is 1560. The number of pyridine rings is 2. The Morgan fingerprint density at radius 1 is 1.17 bits per heavy atom. The molecule has 3 aromatic heterocycles. The van der Waals surface area contributed by atoms with Crippen molar-refractivity contribution in [3.05, 3.63) is 36.4 Å². The molecule has 14 heteroatoms. The number of halogens is 2. The number of piperidine rings is 1. The van der Waals surface area contributed by atoms with Gasteiger partial charge in [-0.2, -0.15) is 4.98 Å². The van der Waals surface area contributed by atoms with Crippen LogP contribution in [-0.2, 0) is 14.6 Å². The summed E-state index contributed by atoms with van der Waals surface area (Å²) in [7, 11) is -1.86. The summed E-state index contributed by atoms with van der Waals surface area (Å²) in [6.45, 7) is 6.19. The second kappa shape index (κ2) is 11.5. The molecule has 228 valence electrons. The fourth-order valence-electron chi connectivity index (χ4n) is 5.80. The Hall–Kier alpha value is -3.23. The van der Waals surface area contributed by atoms with E-state index in [0.717, 1.165) is 35.8 Å². The summed E-state index contributed by atoms with van der Waals surface area (Å²) >= 11 is 0. The van der Waals surface area contributed by atoms with Crippen LogP contribution in [0.25, 0.3) is 10.8 Å². The maximum absolute atomic E-state index is 14.6. The lowest BCUT2D eigenvalue weighted by atomic mass is 9.86. The average Bonchev–Trinajstić information content (AvgIpc) is 2.90. The highest BCUT2D eigenvalue weighted by atomic mass is 32.2. The number of hydrogen-bond donors (Lipinski definition) is 2. The molecule has 4 atom stereocenters. The fraction of sp³-hybridized carbons (Fsp3) is 0.571. The zero-order valence-electron chi connectivity index (χ0n) is 24.3. The van der Waals surface area contributed by atoms with Gasteiger partial charge in [-0.05, 0) is 37.3 Å². The number of ether oxygens (including phenoxy) is 1. The minimum absolute atomic E-state index is 0.0538. The number of nitrogens with one attached hydrogen (secondary N) is 1. The SMILES string of the molecule is CO[C@@H]1[C@H](O)CN(c2nccc(Nc3cc4c(C(C)C)ncc(N5C[C@H](CCS(C)(=O)=O)[C@H]5C)c4cn3)n2)CC1(F)F. The van der Waals surface area contributed by atoms with Gasteiger partial charge >= 0.3 is 0 Å². The van der Waals surface area contributed by atoms with E-state index < -0.39 is 34.5 Å². The second-order valence-electron chi connectivity index (χ2n) is 11.6. The number of β-amino-alcohol motifs (C(OH)–C–C–N with tert-alkyl or cyclic N) is 1. The third-order valence-corrected chi connectivity index (χ3v) is 9.09. The lowest BCUT2D eigenvalue weighted by Gasteiger charge is -2.48. The second-order valence-corrected chi connectivity index (χ2v) is 13.9. The van der Waals surface area contributed by atoms with Crippen LogP contribution in [0.3, 0.4) is 0 Å². The standard InChI is InChI=1S/C28H37F2N7O4S/c1-16(2)25-19-10-24(32-11-20(19)21(12-33-25)37-13-18(17(37)3)7-9-42(5,39)40)34-23-6-8-31-27(35-23)36-14-22(38)26(41-4)28(29,30)15-36/h6,8,10-12,16-18,22,26,38H,7,9,13-15H2,1-5H3,(H,31,32,34,35)/t17-,18+,22-,26-/m1/s1. The molecule has 0 bridgehead atoms. The quantitative estimate of drug-likeness (QED) is 0.372. The Morgan fingerprint density at radius 3 is 2.57 bits per heavy atom. The first-order valence-corrected chi connectivity index (χ1v) is 16.0. The molecule has 2 fully saturated rings. The number of methoxy groups -OCH3 is 1. The topological polar surface area (TPSA) is 134 Å². The first-order valence-electron chi connectivity index (χ1n) is 13.9. The maximum atomic E-state index is 14.6. The summed E-state index contributed by atoms with van der Waals surface area (Å²) in [6.07, 6.45) is 4.01.